The molecule has 0 aliphatic rings. The number of amides is 2. The molecule has 24 heavy (non-hydrogen) atoms. The third kappa shape index (κ3) is 8.24. The van der Waals surface area contributed by atoms with Crippen molar-refractivity contribution in [1.82, 2.24) is 10.2 Å². The van der Waals surface area contributed by atoms with Crippen LogP contribution in [0.15, 0.2) is 29.2 Å². The van der Waals surface area contributed by atoms with E-state index in [1.807, 2.05) is 39.2 Å². The van der Waals surface area contributed by atoms with Crippen molar-refractivity contribution in [1.29, 1.82) is 0 Å². The number of nitrogens with zero attached hydrogens (tertiary/aromatic N) is 1. The number of alkyl carbamates (subject to hydrolysis) is 1. The average Bonchev–Trinajstić information content (AvgIpc) is 2.50. The van der Waals surface area contributed by atoms with Crippen LogP contribution in [0, 0.1) is 0 Å². The van der Waals surface area contributed by atoms with Gasteiger partial charge in [-0.25, -0.2) is 4.79 Å². The zero-order valence-electron chi connectivity index (χ0n) is 15.2. The van der Waals surface area contributed by atoms with Gasteiger partial charge < -0.3 is 15.0 Å². The van der Waals surface area contributed by atoms with Crippen LogP contribution in [0.5, 0.6) is 0 Å². The van der Waals surface area contributed by atoms with Crippen molar-refractivity contribution in [3.05, 3.63) is 29.8 Å². The molecule has 1 rings (SSSR count). The molecule has 1 N–H and O–H groups in total. The van der Waals surface area contributed by atoms with E-state index in [9.17, 15) is 9.59 Å². The van der Waals surface area contributed by atoms with Gasteiger partial charge in [0.2, 0.25) is 5.91 Å². The molecule has 6 heteroatoms. The molecule has 0 saturated carbocycles. The van der Waals surface area contributed by atoms with Crippen molar-refractivity contribution in [3.8, 4) is 0 Å². The molecule has 0 unspecified atom stereocenters. The van der Waals surface area contributed by atoms with Crippen LogP contribution in [0.1, 0.15) is 39.2 Å². The fraction of sp³-hybridized carbons (Fsp3) is 0.556. The highest BCUT2D eigenvalue weighted by molar-refractivity contribution is 7.98. The Hall–Kier alpha value is -1.69. The molecule has 0 atom stereocenters. The molecule has 2 amide bonds. The summed E-state index contributed by atoms with van der Waals surface area (Å²) in [6.07, 6.45) is 2.58. The molecule has 5 nitrogen and oxygen atoms in total. The Morgan fingerprint density at radius 1 is 1.21 bits per heavy atom. The summed E-state index contributed by atoms with van der Waals surface area (Å²) in [5.41, 5.74) is 0.599. The lowest BCUT2D eigenvalue weighted by atomic mass is 10.2. The van der Waals surface area contributed by atoms with E-state index in [-0.39, 0.29) is 5.91 Å². The quantitative estimate of drug-likeness (QED) is 0.601. The number of ether oxygens (including phenoxy) is 1. The molecular formula is C18H28N2O3S. The van der Waals surface area contributed by atoms with Crippen LogP contribution in [0.2, 0.25) is 0 Å². The van der Waals surface area contributed by atoms with Gasteiger partial charge in [-0.05, 0) is 51.1 Å². The first-order valence-electron chi connectivity index (χ1n) is 8.05. The van der Waals surface area contributed by atoms with E-state index in [0.29, 0.717) is 25.9 Å². The van der Waals surface area contributed by atoms with Crippen LogP contribution in [0.25, 0.3) is 0 Å². The molecule has 1 aromatic rings. The van der Waals surface area contributed by atoms with Crippen molar-refractivity contribution < 1.29 is 14.3 Å². The van der Waals surface area contributed by atoms with Crippen LogP contribution in [0.3, 0.4) is 0 Å². The fourth-order valence-electron chi connectivity index (χ4n) is 2.03. The lowest BCUT2D eigenvalue weighted by molar-refractivity contribution is -0.130. The lowest BCUT2D eigenvalue weighted by Gasteiger charge is -2.20. The fourth-order valence-corrected chi connectivity index (χ4v) is 2.44. The van der Waals surface area contributed by atoms with E-state index in [4.69, 9.17) is 4.74 Å². The summed E-state index contributed by atoms with van der Waals surface area (Å²) in [6.45, 7) is 6.47. The maximum absolute atomic E-state index is 12.1. The molecule has 0 bridgehead atoms. The summed E-state index contributed by atoms with van der Waals surface area (Å²) in [5.74, 6) is 0.0648. The van der Waals surface area contributed by atoms with E-state index in [1.165, 1.54) is 4.90 Å². The SMILES string of the molecule is CSc1ccc(CN(C)C(=O)CCCNC(=O)OC(C)(C)C)cc1. The molecule has 0 heterocycles. The predicted molar refractivity (Wildman–Crippen MR) is 98.2 cm³/mol. The second-order valence-electron chi connectivity index (χ2n) is 6.63. The van der Waals surface area contributed by atoms with Crippen LogP contribution < -0.4 is 5.32 Å². The van der Waals surface area contributed by atoms with Crippen LogP contribution in [0.4, 0.5) is 4.79 Å². The molecule has 1 aromatic carbocycles. The predicted octanol–water partition coefficient (Wildman–Crippen LogP) is 3.67. The summed E-state index contributed by atoms with van der Waals surface area (Å²) >= 11 is 1.70. The number of carbonyl (C=O) groups is 2. The number of hydrogen-bond acceptors (Lipinski definition) is 4. The van der Waals surface area contributed by atoms with Gasteiger partial charge in [-0.15, -0.1) is 11.8 Å². The van der Waals surface area contributed by atoms with Gasteiger partial charge in [0.05, 0.1) is 0 Å². The van der Waals surface area contributed by atoms with Gasteiger partial charge in [-0.1, -0.05) is 12.1 Å². The van der Waals surface area contributed by atoms with Crippen LogP contribution in [-0.4, -0.2) is 42.3 Å². The minimum absolute atomic E-state index is 0.0648. The van der Waals surface area contributed by atoms with Crippen LogP contribution >= 0.6 is 11.8 Å². The largest absolute Gasteiger partial charge is 0.444 e. The number of nitrogens with one attached hydrogen (secondary N) is 1. The highest BCUT2D eigenvalue weighted by Gasteiger charge is 2.15. The summed E-state index contributed by atoms with van der Waals surface area (Å²) < 4.78 is 5.14. The van der Waals surface area contributed by atoms with E-state index < -0.39 is 11.7 Å². The Morgan fingerprint density at radius 2 is 1.83 bits per heavy atom. The Morgan fingerprint density at radius 3 is 2.38 bits per heavy atom. The van der Waals surface area contributed by atoms with E-state index >= 15 is 0 Å². The van der Waals surface area contributed by atoms with Gasteiger partial charge in [0.15, 0.2) is 0 Å². The molecule has 0 spiro atoms. The Kier molecular flexibility index (Phi) is 8.11. The van der Waals surface area contributed by atoms with Gasteiger partial charge in [-0.3, -0.25) is 4.79 Å². The normalized spacial score (nSPS) is 11.0. The molecule has 0 aromatic heterocycles. The highest BCUT2D eigenvalue weighted by atomic mass is 32.2. The molecule has 0 radical (unpaired) electrons. The number of rotatable bonds is 7. The maximum atomic E-state index is 12.1. The first-order chi connectivity index (χ1) is 11.2. The Bertz CT molecular complexity index is 538. The first kappa shape index (κ1) is 20.4. The standard InChI is InChI=1S/C18H28N2O3S/c1-18(2,3)23-17(22)19-12-6-7-16(21)20(4)13-14-8-10-15(24-5)11-9-14/h8-11H,6-7,12-13H2,1-5H3,(H,19,22). The summed E-state index contributed by atoms with van der Waals surface area (Å²) in [4.78, 5) is 26.5. The summed E-state index contributed by atoms with van der Waals surface area (Å²) in [5, 5.41) is 2.66. The molecule has 134 valence electrons. The van der Waals surface area contributed by atoms with Crippen molar-refractivity contribution in [2.24, 2.45) is 0 Å². The Balaban J connectivity index is 2.27. The molecule has 0 aliphatic heterocycles. The van der Waals surface area contributed by atoms with Crippen molar-refractivity contribution in [2.75, 3.05) is 19.8 Å². The summed E-state index contributed by atoms with van der Waals surface area (Å²) in [7, 11) is 1.80. The molecular weight excluding hydrogens is 324 g/mol. The number of hydrogen-bond donors (Lipinski definition) is 1. The van der Waals surface area contributed by atoms with Gasteiger partial charge in [-0.2, -0.15) is 0 Å². The van der Waals surface area contributed by atoms with Gasteiger partial charge in [0.25, 0.3) is 0 Å². The number of thioether (sulfide) groups is 1. The minimum Gasteiger partial charge on any atom is -0.444 e. The number of benzene rings is 1. The Labute approximate surface area is 149 Å². The van der Waals surface area contributed by atoms with E-state index in [1.54, 1.807) is 23.7 Å². The second kappa shape index (κ2) is 9.57. The zero-order chi connectivity index (χ0) is 18.2. The highest BCUT2D eigenvalue weighted by Crippen LogP contribution is 2.15. The monoisotopic (exact) mass is 352 g/mol. The van der Waals surface area contributed by atoms with Crippen LogP contribution in [-0.2, 0) is 16.1 Å². The van der Waals surface area contributed by atoms with Crippen molar-refractivity contribution >= 4 is 23.8 Å². The maximum Gasteiger partial charge on any atom is 0.407 e. The molecule has 0 saturated heterocycles. The van der Waals surface area contributed by atoms with Gasteiger partial charge >= 0.3 is 6.09 Å². The minimum atomic E-state index is -0.508. The molecule has 0 aliphatic carbocycles. The van der Waals surface area contributed by atoms with Crippen molar-refractivity contribution in [3.63, 3.8) is 0 Å². The summed E-state index contributed by atoms with van der Waals surface area (Å²) in [6, 6.07) is 8.20. The van der Waals surface area contributed by atoms with Gasteiger partial charge in [0.1, 0.15) is 5.60 Å². The van der Waals surface area contributed by atoms with E-state index in [0.717, 1.165) is 5.56 Å². The zero-order valence-corrected chi connectivity index (χ0v) is 16.0. The first-order valence-corrected chi connectivity index (χ1v) is 9.27. The third-order valence-electron chi connectivity index (χ3n) is 3.24. The molecule has 0 fully saturated rings. The third-order valence-corrected chi connectivity index (χ3v) is 3.98. The van der Waals surface area contributed by atoms with Gasteiger partial charge in [0, 0.05) is 31.5 Å². The van der Waals surface area contributed by atoms with E-state index in [2.05, 4.69) is 17.4 Å². The van der Waals surface area contributed by atoms with Crippen molar-refractivity contribution in [2.45, 2.75) is 50.7 Å². The lowest BCUT2D eigenvalue weighted by Crippen LogP contribution is -2.33. The average molecular weight is 353 g/mol. The smallest absolute Gasteiger partial charge is 0.407 e. The topological polar surface area (TPSA) is 58.6 Å². The second-order valence-corrected chi connectivity index (χ2v) is 7.51. The number of carbonyl (C=O) groups excluding carboxylic acids is 2.